The van der Waals surface area contributed by atoms with Crippen molar-refractivity contribution in [3.05, 3.63) is 90.1 Å². The summed E-state index contributed by atoms with van der Waals surface area (Å²) in [6, 6.07) is 24.8. The summed E-state index contributed by atoms with van der Waals surface area (Å²) >= 11 is 1.62. The molecule has 0 radical (unpaired) electrons. The summed E-state index contributed by atoms with van der Waals surface area (Å²) in [7, 11) is 0. The third kappa shape index (κ3) is 2.86. The van der Waals surface area contributed by atoms with Gasteiger partial charge >= 0.3 is 0 Å². The van der Waals surface area contributed by atoms with E-state index < -0.39 is 0 Å². The molecule has 24 heavy (non-hydrogen) atoms. The highest BCUT2D eigenvalue weighted by Crippen LogP contribution is 2.31. The van der Waals surface area contributed by atoms with Gasteiger partial charge in [-0.2, -0.15) is 0 Å². The van der Waals surface area contributed by atoms with E-state index in [-0.39, 0.29) is 5.82 Å². The van der Waals surface area contributed by atoms with Crippen LogP contribution < -0.4 is 0 Å². The predicted molar refractivity (Wildman–Crippen MR) is 98.4 cm³/mol. The molecular formula is C21H14FNS. The van der Waals surface area contributed by atoms with Crippen LogP contribution >= 0.6 is 11.3 Å². The molecular weight excluding hydrogens is 317 g/mol. The Morgan fingerprint density at radius 3 is 2.25 bits per heavy atom. The van der Waals surface area contributed by atoms with E-state index in [9.17, 15) is 4.39 Å². The van der Waals surface area contributed by atoms with Gasteiger partial charge in [0.2, 0.25) is 0 Å². The third-order valence-corrected chi connectivity index (χ3v) is 4.76. The Labute approximate surface area is 144 Å². The summed E-state index contributed by atoms with van der Waals surface area (Å²) in [5, 5.41) is 3.03. The summed E-state index contributed by atoms with van der Waals surface area (Å²) in [4.78, 5) is 4.73. The lowest BCUT2D eigenvalue weighted by atomic mass is 10.0. The van der Waals surface area contributed by atoms with Crippen molar-refractivity contribution in [3.63, 3.8) is 0 Å². The number of aromatic nitrogens is 1. The Morgan fingerprint density at radius 1 is 0.708 bits per heavy atom. The summed E-state index contributed by atoms with van der Waals surface area (Å²) in [6.45, 7) is 0. The molecule has 1 aromatic heterocycles. The van der Waals surface area contributed by atoms with Crippen molar-refractivity contribution < 1.29 is 4.39 Å². The van der Waals surface area contributed by atoms with Crippen LogP contribution in [0.3, 0.4) is 0 Å². The van der Waals surface area contributed by atoms with Crippen molar-refractivity contribution in [3.8, 4) is 33.0 Å². The zero-order chi connectivity index (χ0) is 16.4. The first-order valence-corrected chi connectivity index (χ1v) is 8.55. The van der Waals surface area contributed by atoms with E-state index in [4.69, 9.17) is 4.98 Å². The zero-order valence-corrected chi connectivity index (χ0v) is 13.6. The highest BCUT2D eigenvalue weighted by molar-refractivity contribution is 7.13. The first-order chi connectivity index (χ1) is 11.8. The minimum absolute atomic E-state index is 0.210. The number of hydrogen-bond donors (Lipinski definition) is 0. The zero-order valence-electron chi connectivity index (χ0n) is 12.8. The van der Waals surface area contributed by atoms with Gasteiger partial charge in [-0.25, -0.2) is 9.37 Å². The molecule has 3 heteroatoms. The van der Waals surface area contributed by atoms with E-state index in [1.165, 1.54) is 6.07 Å². The number of nitrogens with zero attached hydrogens (tertiary/aromatic N) is 1. The molecule has 0 fully saturated rings. The monoisotopic (exact) mass is 331 g/mol. The number of thiazole rings is 1. The summed E-state index contributed by atoms with van der Waals surface area (Å²) in [6.07, 6.45) is 0. The van der Waals surface area contributed by atoms with Gasteiger partial charge in [0.05, 0.1) is 5.69 Å². The van der Waals surface area contributed by atoms with Gasteiger partial charge in [-0.3, -0.25) is 0 Å². The lowest BCUT2D eigenvalue weighted by Crippen LogP contribution is -1.85. The Hall–Kier alpha value is -2.78. The number of rotatable bonds is 3. The molecule has 1 nitrogen and oxygen atoms in total. The SMILES string of the molecule is Fc1ccccc1-c1cccc(-c2csc(-c3ccccc3)n2)c1. The highest BCUT2D eigenvalue weighted by atomic mass is 32.1. The van der Waals surface area contributed by atoms with E-state index in [2.05, 4.69) is 12.1 Å². The van der Waals surface area contributed by atoms with Gasteiger partial charge in [0.1, 0.15) is 10.8 Å². The Morgan fingerprint density at radius 2 is 1.42 bits per heavy atom. The van der Waals surface area contributed by atoms with Crippen LogP contribution in [0.5, 0.6) is 0 Å². The Balaban J connectivity index is 1.72. The quantitative estimate of drug-likeness (QED) is 0.430. The Kier molecular flexibility index (Phi) is 3.93. The maximum atomic E-state index is 14.0. The fourth-order valence-electron chi connectivity index (χ4n) is 2.66. The van der Waals surface area contributed by atoms with Crippen LogP contribution in [0, 0.1) is 5.82 Å². The van der Waals surface area contributed by atoms with E-state index in [1.54, 1.807) is 23.5 Å². The van der Waals surface area contributed by atoms with Gasteiger partial charge in [-0.05, 0) is 17.7 Å². The molecule has 0 aliphatic rings. The Bertz CT molecular complexity index is 976. The summed E-state index contributed by atoms with van der Waals surface area (Å²) in [5.74, 6) is -0.210. The second-order valence-electron chi connectivity index (χ2n) is 5.46. The molecule has 0 saturated heterocycles. The van der Waals surface area contributed by atoms with Gasteiger partial charge in [0.25, 0.3) is 0 Å². The summed E-state index contributed by atoms with van der Waals surface area (Å²) < 4.78 is 14.0. The number of hydrogen-bond acceptors (Lipinski definition) is 2. The van der Waals surface area contributed by atoms with Gasteiger partial charge < -0.3 is 0 Å². The molecule has 4 aromatic rings. The largest absolute Gasteiger partial charge is 0.236 e. The predicted octanol–water partition coefficient (Wildman–Crippen LogP) is 6.28. The maximum Gasteiger partial charge on any atom is 0.131 e. The standard InChI is InChI=1S/C21H14FNS/c22-19-12-5-4-11-18(19)16-9-6-10-17(13-16)20-14-24-21(23-20)15-7-2-1-3-8-15/h1-14H. The van der Waals surface area contributed by atoms with Gasteiger partial charge in [-0.1, -0.05) is 66.7 Å². The first-order valence-electron chi connectivity index (χ1n) is 7.67. The van der Waals surface area contributed by atoms with Gasteiger partial charge in [0, 0.05) is 22.1 Å². The van der Waals surface area contributed by atoms with Gasteiger partial charge in [0.15, 0.2) is 0 Å². The van der Waals surface area contributed by atoms with E-state index in [1.807, 2.05) is 53.9 Å². The fourth-order valence-corrected chi connectivity index (χ4v) is 3.50. The lowest BCUT2D eigenvalue weighted by molar-refractivity contribution is 0.631. The fraction of sp³-hybridized carbons (Fsp3) is 0. The van der Waals surface area contributed by atoms with Crippen molar-refractivity contribution in [2.75, 3.05) is 0 Å². The molecule has 0 saturated carbocycles. The topological polar surface area (TPSA) is 12.9 Å². The molecule has 4 rings (SSSR count). The van der Waals surface area contributed by atoms with Crippen LogP contribution in [0.4, 0.5) is 4.39 Å². The minimum atomic E-state index is -0.210. The summed E-state index contributed by atoms with van der Waals surface area (Å²) in [5.41, 5.74) is 4.49. The highest BCUT2D eigenvalue weighted by Gasteiger charge is 2.09. The van der Waals surface area contributed by atoms with Crippen molar-refractivity contribution in [2.45, 2.75) is 0 Å². The number of halogens is 1. The number of benzene rings is 3. The molecule has 0 N–H and O–H groups in total. The molecule has 0 unspecified atom stereocenters. The molecule has 0 atom stereocenters. The molecule has 0 aliphatic heterocycles. The smallest absolute Gasteiger partial charge is 0.131 e. The molecule has 1 heterocycles. The van der Waals surface area contributed by atoms with Crippen molar-refractivity contribution in [2.24, 2.45) is 0 Å². The third-order valence-electron chi connectivity index (χ3n) is 3.87. The average Bonchev–Trinajstić information content (AvgIpc) is 3.13. The van der Waals surface area contributed by atoms with Crippen molar-refractivity contribution in [1.29, 1.82) is 0 Å². The second-order valence-corrected chi connectivity index (χ2v) is 6.32. The van der Waals surface area contributed by atoms with Crippen LogP contribution in [0.2, 0.25) is 0 Å². The molecule has 3 aromatic carbocycles. The second kappa shape index (κ2) is 6.38. The van der Waals surface area contributed by atoms with E-state index in [0.717, 1.165) is 27.4 Å². The van der Waals surface area contributed by atoms with Crippen molar-refractivity contribution >= 4 is 11.3 Å². The van der Waals surface area contributed by atoms with Crippen LogP contribution in [0.25, 0.3) is 33.0 Å². The van der Waals surface area contributed by atoms with Crippen molar-refractivity contribution in [1.82, 2.24) is 4.98 Å². The first kappa shape index (κ1) is 14.8. The normalized spacial score (nSPS) is 10.7. The van der Waals surface area contributed by atoms with E-state index in [0.29, 0.717) is 5.56 Å². The van der Waals surface area contributed by atoms with Crippen LogP contribution in [0.15, 0.2) is 84.2 Å². The molecule has 0 spiro atoms. The van der Waals surface area contributed by atoms with Crippen LogP contribution in [0.1, 0.15) is 0 Å². The molecule has 116 valence electrons. The molecule has 0 amide bonds. The molecule has 0 bridgehead atoms. The van der Waals surface area contributed by atoms with Gasteiger partial charge in [-0.15, -0.1) is 11.3 Å². The minimum Gasteiger partial charge on any atom is -0.236 e. The lowest BCUT2D eigenvalue weighted by Gasteiger charge is -2.05. The average molecular weight is 331 g/mol. The van der Waals surface area contributed by atoms with Crippen LogP contribution in [-0.2, 0) is 0 Å². The molecule has 0 aliphatic carbocycles. The van der Waals surface area contributed by atoms with Crippen LogP contribution in [-0.4, -0.2) is 4.98 Å². The maximum absolute atomic E-state index is 14.0. The van der Waals surface area contributed by atoms with E-state index >= 15 is 0 Å².